The Bertz CT molecular complexity index is 393. The highest BCUT2D eigenvalue weighted by atomic mass is 19.1. The molecule has 0 heterocycles. The van der Waals surface area contributed by atoms with Crippen LogP contribution in [-0.2, 0) is 17.8 Å². The van der Waals surface area contributed by atoms with Gasteiger partial charge in [-0.3, -0.25) is 4.90 Å². The Labute approximate surface area is 108 Å². The second kappa shape index (κ2) is 6.27. The van der Waals surface area contributed by atoms with Crippen molar-refractivity contribution >= 4 is 0 Å². The predicted octanol–water partition coefficient (Wildman–Crippen LogP) is 1.90. The molecule has 0 radical (unpaired) electrons. The number of halogens is 1. The molecule has 2 rings (SSSR count). The molecule has 18 heavy (non-hydrogen) atoms. The quantitative estimate of drug-likeness (QED) is 0.805. The monoisotopic (exact) mass is 252 g/mol. The standard InChI is InChI=1S/C14H21FN2O/c1-18-7-6-17(13-4-5-13)10-12-3-2-11(9-16)8-14(12)15/h2-3,8,13H,4-7,9-10,16H2,1H3. The number of methoxy groups -OCH3 is 1. The lowest BCUT2D eigenvalue weighted by molar-refractivity contribution is 0.139. The summed E-state index contributed by atoms with van der Waals surface area (Å²) in [6.07, 6.45) is 2.43. The number of ether oxygens (including phenoxy) is 1. The second-order valence-corrected chi connectivity index (χ2v) is 4.82. The van der Waals surface area contributed by atoms with Gasteiger partial charge >= 0.3 is 0 Å². The summed E-state index contributed by atoms with van der Waals surface area (Å²) >= 11 is 0. The van der Waals surface area contributed by atoms with Crippen LogP contribution in [0.3, 0.4) is 0 Å². The topological polar surface area (TPSA) is 38.5 Å². The number of hydrogen-bond donors (Lipinski definition) is 1. The van der Waals surface area contributed by atoms with Crippen LogP contribution in [0.2, 0.25) is 0 Å². The third-order valence-corrected chi connectivity index (χ3v) is 3.37. The van der Waals surface area contributed by atoms with Crippen molar-refractivity contribution in [2.75, 3.05) is 20.3 Å². The largest absolute Gasteiger partial charge is 0.383 e. The lowest BCUT2D eigenvalue weighted by atomic mass is 10.1. The van der Waals surface area contributed by atoms with Crippen LogP contribution in [0, 0.1) is 5.82 Å². The maximum absolute atomic E-state index is 13.9. The van der Waals surface area contributed by atoms with Gasteiger partial charge in [0.1, 0.15) is 5.82 Å². The van der Waals surface area contributed by atoms with Crippen LogP contribution < -0.4 is 5.73 Å². The molecule has 0 atom stereocenters. The lowest BCUT2D eigenvalue weighted by Gasteiger charge is -2.22. The van der Waals surface area contributed by atoms with Gasteiger partial charge in [-0.05, 0) is 24.5 Å². The summed E-state index contributed by atoms with van der Waals surface area (Å²) in [6.45, 7) is 2.59. The van der Waals surface area contributed by atoms with Crippen LogP contribution >= 0.6 is 0 Å². The van der Waals surface area contributed by atoms with Crippen molar-refractivity contribution in [2.24, 2.45) is 5.73 Å². The Morgan fingerprint density at radius 1 is 1.44 bits per heavy atom. The predicted molar refractivity (Wildman–Crippen MR) is 69.6 cm³/mol. The first-order valence-electron chi connectivity index (χ1n) is 6.45. The SMILES string of the molecule is COCCN(Cc1ccc(CN)cc1F)C1CC1. The van der Waals surface area contributed by atoms with Crippen LogP contribution in [0.4, 0.5) is 4.39 Å². The first kappa shape index (κ1) is 13.5. The van der Waals surface area contributed by atoms with E-state index in [0.717, 1.165) is 17.7 Å². The molecule has 0 unspecified atom stereocenters. The van der Waals surface area contributed by atoms with Crippen LogP contribution in [0.1, 0.15) is 24.0 Å². The summed E-state index contributed by atoms with van der Waals surface area (Å²) in [7, 11) is 1.70. The van der Waals surface area contributed by atoms with E-state index in [0.29, 0.717) is 25.7 Å². The van der Waals surface area contributed by atoms with Crippen LogP contribution in [0.15, 0.2) is 18.2 Å². The van der Waals surface area contributed by atoms with Crippen molar-refractivity contribution in [1.29, 1.82) is 0 Å². The number of nitrogens with two attached hydrogens (primary N) is 1. The van der Waals surface area contributed by atoms with Gasteiger partial charge in [-0.25, -0.2) is 4.39 Å². The van der Waals surface area contributed by atoms with Crippen molar-refractivity contribution < 1.29 is 9.13 Å². The summed E-state index contributed by atoms with van der Waals surface area (Å²) in [6, 6.07) is 5.89. The molecule has 1 aromatic rings. The molecule has 2 N–H and O–H groups in total. The molecule has 1 saturated carbocycles. The molecule has 0 bridgehead atoms. The van der Waals surface area contributed by atoms with Gasteiger partial charge < -0.3 is 10.5 Å². The average molecular weight is 252 g/mol. The van der Waals surface area contributed by atoms with Crippen LogP contribution in [0.25, 0.3) is 0 Å². The van der Waals surface area contributed by atoms with Gasteiger partial charge in [-0.2, -0.15) is 0 Å². The maximum atomic E-state index is 13.9. The van der Waals surface area contributed by atoms with Gasteiger partial charge in [0.15, 0.2) is 0 Å². The van der Waals surface area contributed by atoms with Gasteiger partial charge in [0.25, 0.3) is 0 Å². The molecule has 0 aromatic heterocycles. The first-order chi connectivity index (χ1) is 8.74. The molecular formula is C14H21FN2O. The van der Waals surface area contributed by atoms with Gasteiger partial charge in [-0.1, -0.05) is 12.1 Å². The van der Waals surface area contributed by atoms with Crippen molar-refractivity contribution in [3.05, 3.63) is 35.1 Å². The fourth-order valence-corrected chi connectivity index (χ4v) is 2.10. The minimum absolute atomic E-state index is 0.152. The maximum Gasteiger partial charge on any atom is 0.128 e. The van der Waals surface area contributed by atoms with E-state index in [1.165, 1.54) is 18.9 Å². The Morgan fingerprint density at radius 2 is 2.22 bits per heavy atom. The Balaban J connectivity index is 2.01. The zero-order valence-electron chi connectivity index (χ0n) is 10.9. The van der Waals surface area contributed by atoms with E-state index in [9.17, 15) is 4.39 Å². The fraction of sp³-hybridized carbons (Fsp3) is 0.571. The van der Waals surface area contributed by atoms with Crippen molar-refractivity contribution in [2.45, 2.75) is 32.0 Å². The minimum atomic E-state index is -0.152. The highest BCUT2D eigenvalue weighted by molar-refractivity contribution is 5.24. The van der Waals surface area contributed by atoms with E-state index in [1.54, 1.807) is 7.11 Å². The van der Waals surface area contributed by atoms with Gasteiger partial charge in [0.05, 0.1) is 6.61 Å². The molecule has 4 heteroatoms. The molecule has 1 fully saturated rings. The summed E-state index contributed by atoms with van der Waals surface area (Å²) in [5.41, 5.74) is 7.08. The van der Waals surface area contributed by atoms with Gasteiger partial charge in [0.2, 0.25) is 0 Å². The van der Waals surface area contributed by atoms with Crippen LogP contribution in [-0.4, -0.2) is 31.2 Å². The van der Waals surface area contributed by atoms with Crippen molar-refractivity contribution in [3.8, 4) is 0 Å². The molecule has 3 nitrogen and oxygen atoms in total. The first-order valence-corrected chi connectivity index (χ1v) is 6.45. The summed E-state index contributed by atoms with van der Waals surface area (Å²) < 4.78 is 19.0. The molecular weight excluding hydrogens is 231 g/mol. The third kappa shape index (κ3) is 3.51. The smallest absolute Gasteiger partial charge is 0.128 e. The molecule has 1 aliphatic carbocycles. The lowest BCUT2D eigenvalue weighted by Crippen LogP contribution is -2.29. The molecule has 1 aliphatic rings. The van der Waals surface area contributed by atoms with Crippen LogP contribution in [0.5, 0.6) is 0 Å². The Kier molecular flexibility index (Phi) is 4.69. The Hall–Kier alpha value is -0.970. The van der Waals surface area contributed by atoms with E-state index >= 15 is 0 Å². The normalized spacial score (nSPS) is 15.3. The highest BCUT2D eigenvalue weighted by Crippen LogP contribution is 2.28. The number of rotatable bonds is 7. The highest BCUT2D eigenvalue weighted by Gasteiger charge is 2.29. The van der Waals surface area contributed by atoms with E-state index in [2.05, 4.69) is 4.90 Å². The number of nitrogens with zero attached hydrogens (tertiary/aromatic N) is 1. The molecule has 1 aromatic carbocycles. The fourth-order valence-electron chi connectivity index (χ4n) is 2.10. The Morgan fingerprint density at radius 3 is 2.78 bits per heavy atom. The summed E-state index contributed by atoms with van der Waals surface area (Å²) in [5.74, 6) is -0.152. The number of benzene rings is 1. The number of hydrogen-bond acceptors (Lipinski definition) is 3. The van der Waals surface area contributed by atoms with Crippen molar-refractivity contribution in [3.63, 3.8) is 0 Å². The van der Waals surface area contributed by atoms with E-state index in [4.69, 9.17) is 10.5 Å². The summed E-state index contributed by atoms with van der Waals surface area (Å²) in [5, 5.41) is 0. The third-order valence-electron chi connectivity index (χ3n) is 3.37. The average Bonchev–Trinajstić information content (AvgIpc) is 3.20. The van der Waals surface area contributed by atoms with Gasteiger partial charge in [-0.15, -0.1) is 0 Å². The zero-order valence-corrected chi connectivity index (χ0v) is 10.9. The molecule has 0 amide bonds. The molecule has 0 aliphatic heterocycles. The van der Waals surface area contributed by atoms with E-state index < -0.39 is 0 Å². The summed E-state index contributed by atoms with van der Waals surface area (Å²) in [4.78, 5) is 2.30. The molecule has 0 saturated heterocycles. The van der Waals surface area contributed by atoms with E-state index in [1.807, 2.05) is 12.1 Å². The van der Waals surface area contributed by atoms with Gasteiger partial charge in [0, 0.05) is 38.3 Å². The van der Waals surface area contributed by atoms with E-state index in [-0.39, 0.29) is 5.82 Å². The van der Waals surface area contributed by atoms with Crippen molar-refractivity contribution in [1.82, 2.24) is 4.90 Å². The molecule has 0 spiro atoms. The zero-order chi connectivity index (χ0) is 13.0. The molecule has 100 valence electrons. The second-order valence-electron chi connectivity index (χ2n) is 4.82. The minimum Gasteiger partial charge on any atom is -0.383 e.